The van der Waals surface area contributed by atoms with Gasteiger partial charge in [0.25, 0.3) is 0 Å². The second-order valence-corrected chi connectivity index (χ2v) is 10.2. The summed E-state index contributed by atoms with van der Waals surface area (Å²) in [6, 6.07) is 0.367. The molecule has 2 heteroatoms. The second-order valence-electron chi connectivity index (χ2n) is 10.2. The second kappa shape index (κ2) is 6.13. The fraction of sp³-hybridized carbons (Fsp3) is 0.870. The number of nitrogens with one attached hydrogen (secondary N) is 1. The number of hydrogen-bond acceptors (Lipinski definition) is 1. The number of carbonyl (C=O) groups excluding carboxylic acids is 1. The molecule has 0 radical (unpaired) electrons. The quantitative estimate of drug-likeness (QED) is 0.736. The first-order chi connectivity index (χ1) is 11.9. The average molecular weight is 344 g/mol. The first kappa shape index (κ1) is 17.6. The zero-order chi connectivity index (χ0) is 17.8. The number of rotatable bonds is 3. The van der Waals surface area contributed by atoms with E-state index in [1.807, 2.05) is 6.08 Å². The molecule has 4 aliphatic rings. The normalized spacial score (nSPS) is 49.8. The summed E-state index contributed by atoms with van der Waals surface area (Å²) in [7, 11) is 0. The maximum Gasteiger partial charge on any atom is 0.243 e. The number of amides is 1. The van der Waals surface area contributed by atoms with Crippen molar-refractivity contribution in [1.29, 1.82) is 0 Å². The van der Waals surface area contributed by atoms with Crippen molar-refractivity contribution >= 4 is 5.91 Å². The van der Waals surface area contributed by atoms with Crippen LogP contribution < -0.4 is 5.32 Å². The lowest BCUT2D eigenvalue weighted by atomic mass is 9.47. The molecular formula is C23H37NO. The topological polar surface area (TPSA) is 29.1 Å². The molecule has 0 saturated heterocycles. The van der Waals surface area contributed by atoms with Crippen LogP contribution in [0.1, 0.15) is 79.1 Å². The molecule has 1 heterocycles. The molecule has 140 valence electrons. The predicted octanol–water partition coefficient (Wildman–Crippen LogP) is 5.34. The first-order valence-electron chi connectivity index (χ1n) is 10.9. The summed E-state index contributed by atoms with van der Waals surface area (Å²) in [5, 5.41) is 3.28. The van der Waals surface area contributed by atoms with Gasteiger partial charge in [0.2, 0.25) is 5.91 Å². The van der Waals surface area contributed by atoms with Gasteiger partial charge in [-0.1, -0.05) is 46.6 Å². The average Bonchev–Trinajstić information content (AvgIpc) is 2.93. The zero-order valence-electron chi connectivity index (χ0n) is 16.7. The van der Waals surface area contributed by atoms with E-state index in [4.69, 9.17) is 0 Å². The lowest BCUT2D eigenvalue weighted by Crippen LogP contribution is -2.59. The molecule has 3 unspecified atom stereocenters. The highest BCUT2D eigenvalue weighted by molar-refractivity contribution is 5.89. The van der Waals surface area contributed by atoms with Crippen LogP contribution in [0.25, 0.3) is 0 Å². The van der Waals surface area contributed by atoms with Crippen LogP contribution in [0.3, 0.4) is 0 Å². The fourth-order valence-electron chi connectivity index (χ4n) is 7.97. The summed E-state index contributed by atoms with van der Waals surface area (Å²) >= 11 is 0. The van der Waals surface area contributed by atoms with Gasteiger partial charge in [-0.25, -0.2) is 0 Å². The van der Waals surface area contributed by atoms with Gasteiger partial charge in [-0.3, -0.25) is 4.79 Å². The van der Waals surface area contributed by atoms with Gasteiger partial charge in [-0.2, -0.15) is 0 Å². The van der Waals surface area contributed by atoms with Gasteiger partial charge in [-0.15, -0.1) is 0 Å². The monoisotopic (exact) mass is 343 g/mol. The van der Waals surface area contributed by atoms with Crippen molar-refractivity contribution in [3.05, 3.63) is 12.2 Å². The summed E-state index contributed by atoms with van der Waals surface area (Å²) in [6.45, 7) is 9.93. The van der Waals surface area contributed by atoms with E-state index in [-0.39, 0.29) is 11.3 Å². The Balaban J connectivity index is 1.60. The van der Waals surface area contributed by atoms with E-state index in [9.17, 15) is 4.79 Å². The highest BCUT2D eigenvalue weighted by Crippen LogP contribution is 2.66. The maximum atomic E-state index is 11.8. The first-order valence-corrected chi connectivity index (χ1v) is 10.9. The minimum Gasteiger partial charge on any atom is -0.349 e. The summed E-state index contributed by atoms with van der Waals surface area (Å²) < 4.78 is 0. The number of carbonyl (C=O) groups is 1. The molecule has 2 nitrogen and oxygen atoms in total. The van der Waals surface area contributed by atoms with Crippen LogP contribution >= 0.6 is 0 Å². The lowest BCUT2D eigenvalue weighted by Gasteiger charge is -2.59. The lowest BCUT2D eigenvalue weighted by molar-refractivity contribution is -0.122. The Labute approximate surface area is 154 Å². The van der Waals surface area contributed by atoms with Crippen LogP contribution in [0.2, 0.25) is 0 Å². The van der Waals surface area contributed by atoms with Gasteiger partial charge < -0.3 is 5.32 Å². The largest absolute Gasteiger partial charge is 0.349 e. The van der Waals surface area contributed by atoms with Crippen molar-refractivity contribution in [2.24, 2.45) is 40.4 Å². The standard InChI is InChI=1S/C23H37NO/c1-5-6-15(2)17-8-9-18-16-7-10-20-23(4,14-12-21(25)24-20)19(16)11-13-22(17,18)3/h12,14-20H,5-11,13H2,1-4H3,(H,24,25)/t15?,16-,17?,18-,19+,20?,22+,23+/m0/s1. The molecule has 0 spiro atoms. The van der Waals surface area contributed by atoms with Gasteiger partial charge in [0.1, 0.15) is 0 Å². The van der Waals surface area contributed by atoms with Gasteiger partial charge in [0.15, 0.2) is 0 Å². The van der Waals surface area contributed by atoms with E-state index >= 15 is 0 Å². The summed E-state index contributed by atoms with van der Waals surface area (Å²) in [4.78, 5) is 11.8. The van der Waals surface area contributed by atoms with Crippen molar-refractivity contribution in [2.75, 3.05) is 0 Å². The van der Waals surface area contributed by atoms with E-state index in [1.54, 1.807) is 0 Å². The third kappa shape index (κ3) is 2.53. The molecule has 8 atom stereocenters. The van der Waals surface area contributed by atoms with E-state index in [0.29, 0.717) is 11.5 Å². The molecule has 25 heavy (non-hydrogen) atoms. The predicted molar refractivity (Wildman–Crippen MR) is 103 cm³/mol. The van der Waals surface area contributed by atoms with Crippen molar-refractivity contribution in [3.8, 4) is 0 Å². The van der Waals surface area contributed by atoms with E-state index < -0.39 is 0 Å². The highest BCUT2D eigenvalue weighted by Gasteiger charge is 2.60. The Hall–Kier alpha value is -0.790. The Morgan fingerprint density at radius 2 is 1.96 bits per heavy atom. The Morgan fingerprint density at radius 1 is 1.16 bits per heavy atom. The van der Waals surface area contributed by atoms with Gasteiger partial charge in [0.05, 0.1) is 0 Å². The van der Waals surface area contributed by atoms with Gasteiger partial charge in [0, 0.05) is 11.5 Å². The summed E-state index contributed by atoms with van der Waals surface area (Å²) in [5.74, 6) is 4.50. The van der Waals surface area contributed by atoms with Crippen molar-refractivity contribution < 1.29 is 4.79 Å². The van der Waals surface area contributed by atoms with Crippen molar-refractivity contribution in [2.45, 2.75) is 85.1 Å². The molecule has 0 aromatic carbocycles. The van der Waals surface area contributed by atoms with Crippen LogP contribution in [0.5, 0.6) is 0 Å². The molecule has 1 N–H and O–H groups in total. The summed E-state index contributed by atoms with van der Waals surface area (Å²) in [6.07, 6.45) is 15.0. The maximum absolute atomic E-state index is 11.8. The van der Waals surface area contributed by atoms with Crippen LogP contribution in [0.4, 0.5) is 0 Å². The van der Waals surface area contributed by atoms with Gasteiger partial charge in [-0.05, 0) is 79.6 Å². The highest BCUT2D eigenvalue weighted by atomic mass is 16.1. The molecule has 1 aliphatic heterocycles. The molecule has 4 rings (SSSR count). The van der Waals surface area contributed by atoms with E-state index in [1.165, 1.54) is 51.4 Å². The Kier molecular flexibility index (Phi) is 4.32. The summed E-state index contributed by atoms with van der Waals surface area (Å²) in [5.41, 5.74) is 0.756. The third-order valence-corrected chi connectivity index (χ3v) is 9.19. The molecule has 3 aliphatic carbocycles. The Bertz CT molecular complexity index is 568. The van der Waals surface area contributed by atoms with E-state index in [2.05, 4.69) is 39.1 Å². The van der Waals surface area contributed by atoms with Crippen LogP contribution in [-0.2, 0) is 4.79 Å². The molecule has 3 fully saturated rings. The fourth-order valence-corrected chi connectivity index (χ4v) is 7.97. The molecular weight excluding hydrogens is 306 g/mol. The minimum atomic E-state index is 0.121. The molecule has 1 amide bonds. The zero-order valence-corrected chi connectivity index (χ0v) is 16.7. The third-order valence-electron chi connectivity index (χ3n) is 9.19. The molecule has 0 aromatic rings. The minimum absolute atomic E-state index is 0.121. The van der Waals surface area contributed by atoms with Gasteiger partial charge >= 0.3 is 0 Å². The van der Waals surface area contributed by atoms with Crippen molar-refractivity contribution in [3.63, 3.8) is 0 Å². The number of hydrogen-bond donors (Lipinski definition) is 1. The van der Waals surface area contributed by atoms with Crippen LogP contribution in [-0.4, -0.2) is 11.9 Å². The van der Waals surface area contributed by atoms with Crippen LogP contribution in [0, 0.1) is 40.4 Å². The smallest absolute Gasteiger partial charge is 0.243 e. The van der Waals surface area contributed by atoms with Crippen LogP contribution in [0.15, 0.2) is 12.2 Å². The molecule has 0 aromatic heterocycles. The van der Waals surface area contributed by atoms with E-state index in [0.717, 1.165) is 29.6 Å². The SMILES string of the molecule is CCCC(C)C1CC[C@H]2[C@@H]3CCC4NC(=O)C=C[C@]4(C)[C@@H]3CC[C@]12C. The number of fused-ring (bicyclic) bond motifs is 5. The molecule has 3 saturated carbocycles. The molecule has 0 bridgehead atoms. The Morgan fingerprint density at radius 3 is 2.72 bits per heavy atom. The van der Waals surface area contributed by atoms with Crippen molar-refractivity contribution in [1.82, 2.24) is 5.32 Å².